The number of nitrogens with one attached hydrogen (secondary N) is 1. The molecule has 0 aliphatic rings. The van der Waals surface area contributed by atoms with Crippen LogP contribution < -0.4 is 11.1 Å². The SMILES string of the molecule is Nc1cccc(C(=O)Nc2ccc(Cl)c3cccnc23)c1. The molecule has 3 N–H and O–H groups in total. The molecule has 0 spiro atoms. The van der Waals surface area contributed by atoms with E-state index in [9.17, 15) is 4.79 Å². The van der Waals surface area contributed by atoms with E-state index in [1.807, 2.05) is 6.07 Å². The summed E-state index contributed by atoms with van der Waals surface area (Å²) in [6, 6.07) is 13.9. The molecule has 0 unspecified atom stereocenters. The Bertz CT molecular complexity index is 833. The van der Waals surface area contributed by atoms with Crippen molar-refractivity contribution in [2.24, 2.45) is 0 Å². The summed E-state index contributed by atoms with van der Waals surface area (Å²) in [7, 11) is 0. The van der Waals surface area contributed by atoms with Crippen LogP contribution in [0.2, 0.25) is 5.02 Å². The Labute approximate surface area is 126 Å². The molecule has 0 fully saturated rings. The first-order valence-corrected chi connectivity index (χ1v) is 6.73. The second-order valence-corrected chi connectivity index (χ2v) is 4.98. The van der Waals surface area contributed by atoms with Gasteiger partial charge in [-0.15, -0.1) is 0 Å². The Hall–Kier alpha value is -2.59. The molecule has 104 valence electrons. The summed E-state index contributed by atoms with van der Waals surface area (Å²) in [6.45, 7) is 0. The minimum atomic E-state index is -0.239. The molecular formula is C16H12ClN3O. The summed E-state index contributed by atoms with van der Waals surface area (Å²) in [5.74, 6) is -0.239. The van der Waals surface area contributed by atoms with Crippen molar-refractivity contribution < 1.29 is 4.79 Å². The van der Waals surface area contributed by atoms with Crippen molar-refractivity contribution in [3.05, 3.63) is 65.3 Å². The van der Waals surface area contributed by atoms with E-state index in [4.69, 9.17) is 17.3 Å². The Morgan fingerprint density at radius 3 is 2.81 bits per heavy atom. The smallest absolute Gasteiger partial charge is 0.255 e. The van der Waals surface area contributed by atoms with Crippen molar-refractivity contribution in [3.8, 4) is 0 Å². The third-order valence-corrected chi connectivity index (χ3v) is 3.44. The molecule has 4 nitrogen and oxygen atoms in total. The lowest BCUT2D eigenvalue weighted by molar-refractivity contribution is 0.102. The second-order valence-electron chi connectivity index (χ2n) is 4.57. The fourth-order valence-electron chi connectivity index (χ4n) is 2.11. The minimum Gasteiger partial charge on any atom is -0.399 e. The van der Waals surface area contributed by atoms with Gasteiger partial charge in [-0.25, -0.2) is 0 Å². The maximum atomic E-state index is 12.3. The van der Waals surface area contributed by atoms with Gasteiger partial charge in [-0.2, -0.15) is 0 Å². The normalized spacial score (nSPS) is 10.5. The number of rotatable bonds is 2. The second kappa shape index (κ2) is 5.42. The fourth-order valence-corrected chi connectivity index (χ4v) is 2.33. The van der Waals surface area contributed by atoms with E-state index in [0.29, 0.717) is 27.5 Å². The van der Waals surface area contributed by atoms with Crippen LogP contribution >= 0.6 is 11.6 Å². The van der Waals surface area contributed by atoms with Gasteiger partial charge in [-0.1, -0.05) is 17.7 Å². The Kier molecular flexibility index (Phi) is 3.46. The molecule has 2 aromatic carbocycles. The van der Waals surface area contributed by atoms with E-state index in [-0.39, 0.29) is 5.91 Å². The summed E-state index contributed by atoms with van der Waals surface area (Å²) in [4.78, 5) is 16.5. The molecule has 1 heterocycles. The largest absolute Gasteiger partial charge is 0.399 e. The lowest BCUT2D eigenvalue weighted by Gasteiger charge is -2.09. The average Bonchev–Trinajstić information content (AvgIpc) is 2.50. The zero-order chi connectivity index (χ0) is 14.8. The molecule has 0 atom stereocenters. The van der Waals surface area contributed by atoms with Crippen molar-refractivity contribution in [3.63, 3.8) is 0 Å². The molecule has 5 heteroatoms. The van der Waals surface area contributed by atoms with E-state index >= 15 is 0 Å². The van der Waals surface area contributed by atoms with Gasteiger partial charge < -0.3 is 11.1 Å². The average molecular weight is 298 g/mol. The van der Waals surface area contributed by atoms with Crippen LogP contribution in [0.5, 0.6) is 0 Å². The Morgan fingerprint density at radius 2 is 2.00 bits per heavy atom. The van der Waals surface area contributed by atoms with Crippen LogP contribution in [0.4, 0.5) is 11.4 Å². The van der Waals surface area contributed by atoms with Gasteiger partial charge in [0.25, 0.3) is 5.91 Å². The molecule has 3 aromatic rings. The summed E-state index contributed by atoms with van der Waals surface area (Å²) >= 11 is 6.13. The number of hydrogen-bond donors (Lipinski definition) is 2. The number of halogens is 1. The molecule has 1 aromatic heterocycles. The maximum Gasteiger partial charge on any atom is 0.255 e. The standard InChI is InChI=1S/C16H12ClN3O/c17-13-6-7-14(15-12(13)5-2-8-19-15)20-16(21)10-3-1-4-11(18)9-10/h1-9H,18H2,(H,20,21). The lowest BCUT2D eigenvalue weighted by atomic mass is 10.1. The van der Waals surface area contributed by atoms with E-state index in [2.05, 4.69) is 10.3 Å². The highest BCUT2D eigenvalue weighted by Gasteiger charge is 2.10. The van der Waals surface area contributed by atoms with Crippen molar-refractivity contribution in [2.75, 3.05) is 11.1 Å². The van der Waals surface area contributed by atoms with Crippen LogP contribution in [-0.2, 0) is 0 Å². The van der Waals surface area contributed by atoms with Crippen molar-refractivity contribution in [1.82, 2.24) is 4.98 Å². The summed E-state index contributed by atoms with van der Waals surface area (Å²) in [6.07, 6.45) is 1.66. The summed E-state index contributed by atoms with van der Waals surface area (Å²) < 4.78 is 0. The Balaban J connectivity index is 1.99. The molecule has 0 bridgehead atoms. The number of carbonyl (C=O) groups excluding carboxylic acids is 1. The molecule has 21 heavy (non-hydrogen) atoms. The summed E-state index contributed by atoms with van der Waals surface area (Å²) in [5, 5.41) is 4.23. The zero-order valence-corrected chi connectivity index (χ0v) is 11.8. The van der Waals surface area contributed by atoms with Gasteiger partial charge in [-0.05, 0) is 42.5 Å². The first-order valence-electron chi connectivity index (χ1n) is 6.35. The fraction of sp³-hybridized carbons (Fsp3) is 0. The molecule has 0 saturated heterocycles. The number of amides is 1. The minimum absolute atomic E-state index is 0.239. The van der Waals surface area contributed by atoms with Gasteiger partial charge in [-0.3, -0.25) is 9.78 Å². The van der Waals surface area contributed by atoms with E-state index in [1.54, 1.807) is 48.7 Å². The predicted molar refractivity (Wildman–Crippen MR) is 85.6 cm³/mol. The van der Waals surface area contributed by atoms with Crippen LogP contribution in [0.3, 0.4) is 0 Å². The van der Waals surface area contributed by atoms with Crippen molar-refractivity contribution in [2.45, 2.75) is 0 Å². The van der Waals surface area contributed by atoms with Gasteiger partial charge in [0.2, 0.25) is 0 Å². The third-order valence-electron chi connectivity index (χ3n) is 3.11. The number of hydrogen-bond acceptors (Lipinski definition) is 3. The number of fused-ring (bicyclic) bond motifs is 1. The number of carbonyl (C=O) groups is 1. The Morgan fingerprint density at radius 1 is 1.14 bits per heavy atom. The predicted octanol–water partition coefficient (Wildman–Crippen LogP) is 3.72. The number of nitrogens with two attached hydrogens (primary N) is 1. The van der Waals surface area contributed by atoms with Gasteiger partial charge in [0, 0.05) is 22.8 Å². The molecule has 0 aliphatic heterocycles. The zero-order valence-electron chi connectivity index (χ0n) is 11.0. The third kappa shape index (κ3) is 2.66. The quantitative estimate of drug-likeness (QED) is 0.708. The number of aromatic nitrogens is 1. The number of benzene rings is 2. The lowest BCUT2D eigenvalue weighted by Crippen LogP contribution is -2.12. The molecular weight excluding hydrogens is 286 g/mol. The highest BCUT2D eigenvalue weighted by molar-refractivity contribution is 6.36. The van der Waals surface area contributed by atoms with Gasteiger partial charge >= 0.3 is 0 Å². The number of nitrogen functional groups attached to an aromatic ring is 1. The van der Waals surface area contributed by atoms with Crippen LogP contribution in [0, 0.1) is 0 Å². The number of nitrogens with zero attached hydrogens (tertiary/aromatic N) is 1. The first kappa shape index (κ1) is 13.4. The molecule has 3 rings (SSSR count). The first-order chi connectivity index (χ1) is 10.1. The molecule has 1 amide bonds. The van der Waals surface area contributed by atoms with Crippen LogP contribution in [0.15, 0.2) is 54.7 Å². The highest BCUT2D eigenvalue weighted by atomic mass is 35.5. The van der Waals surface area contributed by atoms with Crippen molar-refractivity contribution in [1.29, 1.82) is 0 Å². The highest BCUT2D eigenvalue weighted by Crippen LogP contribution is 2.28. The topological polar surface area (TPSA) is 68.0 Å². The van der Waals surface area contributed by atoms with Crippen molar-refractivity contribution >= 4 is 39.8 Å². The van der Waals surface area contributed by atoms with Crippen LogP contribution in [0.25, 0.3) is 10.9 Å². The molecule has 0 saturated carbocycles. The van der Waals surface area contributed by atoms with Crippen LogP contribution in [-0.4, -0.2) is 10.9 Å². The van der Waals surface area contributed by atoms with Crippen LogP contribution in [0.1, 0.15) is 10.4 Å². The van der Waals surface area contributed by atoms with Gasteiger partial charge in [0.15, 0.2) is 0 Å². The number of pyridine rings is 1. The van der Waals surface area contributed by atoms with E-state index in [1.165, 1.54) is 0 Å². The van der Waals surface area contributed by atoms with Gasteiger partial charge in [0.1, 0.15) is 0 Å². The molecule has 0 radical (unpaired) electrons. The number of anilines is 2. The molecule has 0 aliphatic carbocycles. The summed E-state index contributed by atoms with van der Waals surface area (Å²) in [5.41, 5.74) is 8.00. The van der Waals surface area contributed by atoms with E-state index < -0.39 is 0 Å². The van der Waals surface area contributed by atoms with E-state index in [0.717, 1.165) is 5.39 Å². The maximum absolute atomic E-state index is 12.3. The van der Waals surface area contributed by atoms with Gasteiger partial charge in [0.05, 0.1) is 16.2 Å². The monoisotopic (exact) mass is 297 g/mol.